The van der Waals surface area contributed by atoms with Crippen molar-refractivity contribution < 1.29 is 5.11 Å². The maximum absolute atomic E-state index is 9.30. The highest BCUT2D eigenvalue weighted by Crippen LogP contribution is 2.35. The molecule has 1 aliphatic carbocycles. The molecule has 0 saturated heterocycles. The van der Waals surface area contributed by atoms with Crippen LogP contribution in [0.15, 0.2) is 24.3 Å². The minimum Gasteiger partial charge on any atom is -0.508 e. The van der Waals surface area contributed by atoms with Gasteiger partial charge in [0.1, 0.15) is 5.75 Å². The maximum Gasteiger partial charge on any atom is 0.115 e. The molecule has 2 nitrogen and oxygen atoms in total. The summed E-state index contributed by atoms with van der Waals surface area (Å²) in [5, 5.41) is 13.1. The molecule has 1 fully saturated rings. The molecule has 2 heteroatoms. The van der Waals surface area contributed by atoms with Gasteiger partial charge in [-0.15, -0.1) is 0 Å². The first-order valence-electron chi connectivity index (χ1n) is 7.51. The fourth-order valence-corrected chi connectivity index (χ4v) is 3.19. The fourth-order valence-electron chi connectivity index (χ4n) is 3.19. The Bertz CT molecular complexity index is 396. The van der Waals surface area contributed by atoms with Crippen molar-refractivity contribution in [3.63, 3.8) is 0 Å². The Balaban J connectivity index is 1.90. The molecule has 2 N–H and O–H groups in total. The average Bonchev–Trinajstić information content (AvgIpc) is 2.35. The van der Waals surface area contributed by atoms with Gasteiger partial charge >= 0.3 is 0 Å². The molecule has 0 spiro atoms. The topological polar surface area (TPSA) is 32.3 Å². The summed E-state index contributed by atoms with van der Waals surface area (Å²) in [4.78, 5) is 0. The van der Waals surface area contributed by atoms with Crippen LogP contribution in [0.1, 0.15) is 52.0 Å². The summed E-state index contributed by atoms with van der Waals surface area (Å²) in [7, 11) is 0. The first-order valence-corrected chi connectivity index (χ1v) is 7.51. The molecule has 0 heterocycles. The highest BCUT2D eigenvalue weighted by Gasteiger charge is 2.32. The Morgan fingerprint density at radius 3 is 2.58 bits per heavy atom. The lowest BCUT2D eigenvalue weighted by atomic mass is 9.73. The molecular weight excluding hydrogens is 234 g/mol. The minimum atomic E-state index is 0.345. The van der Waals surface area contributed by atoms with Crippen molar-refractivity contribution in [1.29, 1.82) is 0 Å². The highest BCUT2D eigenvalue weighted by molar-refractivity contribution is 5.26. The van der Waals surface area contributed by atoms with Gasteiger partial charge in [0, 0.05) is 12.1 Å². The number of benzene rings is 1. The predicted molar refractivity (Wildman–Crippen MR) is 80.4 cm³/mol. The summed E-state index contributed by atoms with van der Waals surface area (Å²) in [6, 6.07) is 8.68. The molecule has 1 aromatic carbocycles. The summed E-state index contributed by atoms with van der Waals surface area (Å²) in [6.07, 6.45) is 6.38. The van der Waals surface area contributed by atoms with Crippen LogP contribution in [0.3, 0.4) is 0 Å². The summed E-state index contributed by atoms with van der Waals surface area (Å²) in [5.74, 6) is 0.345. The van der Waals surface area contributed by atoms with Crippen molar-refractivity contribution >= 4 is 0 Å². The summed E-state index contributed by atoms with van der Waals surface area (Å²) in [6.45, 7) is 7.03. The van der Waals surface area contributed by atoms with Gasteiger partial charge in [-0.25, -0.2) is 0 Å². The molecule has 2 atom stereocenters. The molecule has 2 unspecified atom stereocenters. The van der Waals surface area contributed by atoms with Crippen molar-refractivity contribution in [3.05, 3.63) is 29.8 Å². The Morgan fingerprint density at radius 1 is 1.26 bits per heavy atom. The molecule has 2 rings (SSSR count). The largest absolute Gasteiger partial charge is 0.508 e. The molecule has 106 valence electrons. The number of nitrogens with one attached hydrogen (secondary N) is 1. The Morgan fingerprint density at radius 2 is 1.95 bits per heavy atom. The predicted octanol–water partition coefficient (Wildman–Crippen LogP) is 3.88. The van der Waals surface area contributed by atoms with E-state index >= 15 is 0 Å². The molecule has 0 amide bonds. The van der Waals surface area contributed by atoms with Gasteiger partial charge < -0.3 is 10.4 Å². The average molecular weight is 261 g/mol. The van der Waals surface area contributed by atoms with Crippen LogP contribution in [0.4, 0.5) is 0 Å². The van der Waals surface area contributed by atoms with Crippen LogP contribution in [-0.4, -0.2) is 17.2 Å². The van der Waals surface area contributed by atoms with Gasteiger partial charge in [-0.2, -0.15) is 0 Å². The molecule has 19 heavy (non-hydrogen) atoms. The van der Waals surface area contributed by atoms with Crippen molar-refractivity contribution in [1.82, 2.24) is 5.32 Å². The van der Waals surface area contributed by atoms with Crippen molar-refractivity contribution in [2.75, 3.05) is 0 Å². The monoisotopic (exact) mass is 261 g/mol. The zero-order valence-electron chi connectivity index (χ0n) is 12.4. The third-order valence-corrected chi connectivity index (χ3v) is 4.47. The molecule has 1 aliphatic rings. The molecule has 0 bridgehead atoms. The Labute approximate surface area is 117 Å². The third-order valence-electron chi connectivity index (χ3n) is 4.47. The lowest BCUT2D eigenvalue weighted by molar-refractivity contribution is 0.157. The summed E-state index contributed by atoms with van der Waals surface area (Å²) in [5.41, 5.74) is 1.70. The van der Waals surface area contributed by atoms with Crippen LogP contribution in [0.2, 0.25) is 0 Å². The second-order valence-corrected chi connectivity index (χ2v) is 6.73. The number of hydrogen-bond acceptors (Lipinski definition) is 2. The van der Waals surface area contributed by atoms with Crippen LogP contribution >= 0.6 is 0 Å². The third kappa shape index (κ3) is 3.97. The van der Waals surface area contributed by atoms with Gasteiger partial charge in [0.15, 0.2) is 0 Å². The second-order valence-electron chi connectivity index (χ2n) is 6.73. The SMILES string of the molecule is CC(Cc1ccc(O)cc1)NC1CCCCC1(C)C. The molecule has 0 aliphatic heterocycles. The van der Waals surface area contributed by atoms with Gasteiger partial charge in [-0.05, 0) is 49.3 Å². The number of hydrogen-bond donors (Lipinski definition) is 2. The van der Waals surface area contributed by atoms with E-state index in [1.807, 2.05) is 12.1 Å². The number of phenols is 1. The van der Waals surface area contributed by atoms with Crippen molar-refractivity contribution in [2.45, 2.75) is 65.0 Å². The fraction of sp³-hybridized carbons (Fsp3) is 0.647. The van der Waals surface area contributed by atoms with E-state index in [0.717, 1.165) is 6.42 Å². The van der Waals surface area contributed by atoms with E-state index in [1.165, 1.54) is 31.2 Å². The number of aromatic hydroxyl groups is 1. The molecule has 1 aromatic rings. The van der Waals surface area contributed by atoms with E-state index in [1.54, 1.807) is 12.1 Å². The minimum absolute atomic E-state index is 0.345. The van der Waals surface area contributed by atoms with E-state index < -0.39 is 0 Å². The van der Waals surface area contributed by atoms with Gasteiger partial charge in [0.25, 0.3) is 0 Å². The Kier molecular flexibility index (Phi) is 4.51. The van der Waals surface area contributed by atoms with Gasteiger partial charge in [0.2, 0.25) is 0 Å². The quantitative estimate of drug-likeness (QED) is 0.862. The number of phenolic OH excluding ortho intramolecular Hbond substituents is 1. The van der Waals surface area contributed by atoms with Gasteiger partial charge in [-0.3, -0.25) is 0 Å². The standard InChI is InChI=1S/C17H27NO/c1-13(12-14-7-9-15(19)10-8-14)18-16-6-4-5-11-17(16,2)3/h7-10,13,16,18-19H,4-6,11-12H2,1-3H3. The van der Waals surface area contributed by atoms with E-state index in [-0.39, 0.29) is 0 Å². The first kappa shape index (κ1) is 14.4. The van der Waals surface area contributed by atoms with Gasteiger partial charge in [0.05, 0.1) is 0 Å². The molecule has 0 aromatic heterocycles. The first-order chi connectivity index (χ1) is 8.97. The van der Waals surface area contributed by atoms with E-state index in [2.05, 4.69) is 26.1 Å². The van der Waals surface area contributed by atoms with Crippen LogP contribution in [0, 0.1) is 5.41 Å². The zero-order valence-corrected chi connectivity index (χ0v) is 12.4. The van der Waals surface area contributed by atoms with Crippen molar-refractivity contribution in [3.8, 4) is 5.75 Å². The lowest BCUT2D eigenvalue weighted by Gasteiger charge is -2.40. The van der Waals surface area contributed by atoms with Crippen LogP contribution < -0.4 is 5.32 Å². The lowest BCUT2D eigenvalue weighted by Crippen LogP contribution is -2.48. The van der Waals surface area contributed by atoms with Crippen LogP contribution in [0.5, 0.6) is 5.75 Å². The highest BCUT2D eigenvalue weighted by atomic mass is 16.3. The van der Waals surface area contributed by atoms with E-state index in [9.17, 15) is 5.11 Å². The van der Waals surface area contributed by atoms with E-state index in [0.29, 0.717) is 23.2 Å². The molecule has 0 radical (unpaired) electrons. The van der Waals surface area contributed by atoms with E-state index in [4.69, 9.17) is 0 Å². The summed E-state index contributed by atoms with van der Waals surface area (Å²) < 4.78 is 0. The summed E-state index contributed by atoms with van der Waals surface area (Å²) >= 11 is 0. The second kappa shape index (κ2) is 5.96. The van der Waals surface area contributed by atoms with Crippen molar-refractivity contribution in [2.24, 2.45) is 5.41 Å². The van der Waals surface area contributed by atoms with Gasteiger partial charge in [-0.1, -0.05) is 38.8 Å². The molecular formula is C17H27NO. The Hall–Kier alpha value is -1.02. The normalized spacial score (nSPS) is 24.1. The number of rotatable bonds is 4. The molecule has 1 saturated carbocycles. The van der Waals surface area contributed by atoms with Crippen LogP contribution in [0.25, 0.3) is 0 Å². The zero-order chi connectivity index (χ0) is 13.9. The smallest absolute Gasteiger partial charge is 0.115 e. The maximum atomic E-state index is 9.30. The van der Waals surface area contributed by atoms with Crippen LogP contribution in [-0.2, 0) is 6.42 Å².